The topological polar surface area (TPSA) is 105 Å². The molecule has 1 aromatic heterocycles. The van der Waals surface area contributed by atoms with Gasteiger partial charge >= 0.3 is 5.97 Å². The highest BCUT2D eigenvalue weighted by molar-refractivity contribution is 6.05. The monoisotopic (exact) mass is 426 g/mol. The summed E-state index contributed by atoms with van der Waals surface area (Å²) in [6.45, 7) is 12.1. The molecule has 0 aliphatic carbocycles. The summed E-state index contributed by atoms with van der Waals surface area (Å²) in [6.07, 6.45) is -1.06. The van der Waals surface area contributed by atoms with E-state index in [1.807, 2.05) is 12.1 Å². The molecule has 0 fully saturated rings. The summed E-state index contributed by atoms with van der Waals surface area (Å²) in [4.78, 5) is 51.7. The van der Waals surface area contributed by atoms with Gasteiger partial charge in [-0.2, -0.15) is 0 Å². The summed E-state index contributed by atoms with van der Waals surface area (Å²) < 4.78 is 5.17. The first-order valence-corrected chi connectivity index (χ1v) is 10.2. The van der Waals surface area contributed by atoms with Crippen molar-refractivity contribution in [3.8, 4) is 0 Å². The number of aryl methyl sites for hydroxylation is 1. The summed E-state index contributed by atoms with van der Waals surface area (Å²) in [5, 5.41) is 2.50. The van der Waals surface area contributed by atoms with E-state index < -0.39 is 23.8 Å². The number of esters is 1. The largest absolute Gasteiger partial charge is 0.453 e. The lowest BCUT2D eigenvalue weighted by Gasteiger charge is -2.19. The number of amides is 1. The van der Waals surface area contributed by atoms with Gasteiger partial charge in [-0.25, -0.2) is 0 Å². The third kappa shape index (κ3) is 5.69. The number of aromatic amines is 1. The molecule has 2 aromatic rings. The Labute approximate surface area is 182 Å². The van der Waals surface area contributed by atoms with Gasteiger partial charge in [0, 0.05) is 16.8 Å². The number of rotatable bonds is 7. The van der Waals surface area contributed by atoms with E-state index in [0.717, 1.165) is 5.56 Å². The Morgan fingerprint density at radius 2 is 1.65 bits per heavy atom. The zero-order valence-electron chi connectivity index (χ0n) is 19.1. The molecule has 2 rings (SSSR count). The van der Waals surface area contributed by atoms with E-state index >= 15 is 0 Å². The van der Waals surface area contributed by atoms with Gasteiger partial charge in [-0.3, -0.25) is 19.2 Å². The number of H-pyrrole nitrogens is 1. The minimum Gasteiger partial charge on any atom is -0.453 e. The summed E-state index contributed by atoms with van der Waals surface area (Å²) in [6, 6.07) is 7.17. The van der Waals surface area contributed by atoms with Crippen LogP contribution in [0.5, 0.6) is 0 Å². The van der Waals surface area contributed by atoms with Crippen LogP contribution in [0.1, 0.15) is 82.6 Å². The lowest BCUT2D eigenvalue weighted by Crippen LogP contribution is -2.34. The van der Waals surface area contributed by atoms with Gasteiger partial charge < -0.3 is 15.0 Å². The van der Waals surface area contributed by atoms with Crippen molar-refractivity contribution in [2.45, 2.75) is 60.0 Å². The molecule has 7 nitrogen and oxygen atoms in total. The average molecular weight is 427 g/mol. The Morgan fingerprint density at radius 3 is 2.13 bits per heavy atom. The molecule has 166 valence electrons. The third-order valence-electron chi connectivity index (χ3n) is 5.12. The molecule has 0 saturated heterocycles. The number of nitrogens with one attached hydrogen (secondary N) is 2. The highest BCUT2D eigenvalue weighted by atomic mass is 16.5. The van der Waals surface area contributed by atoms with Crippen LogP contribution < -0.4 is 5.32 Å². The van der Waals surface area contributed by atoms with E-state index in [-0.39, 0.29) is 23.4 Å². The van der Waals surface area contributed by atoms with Gasteiger partial charge in [0.1, 0.15) is 6.54 Å². The number of hydrogen-bond donors (Lipinski definition) is 2. The molecule has 31 heavy (non-hydrogen) atoms. The Balaban J connectivity index is 1.95. The molecule has 1 atom stereocenters. The van der Waals surface area contributed by atoms with Gasteiger partial charge in [0.15, 0.2) is 11.9 Å². The molecule has 2 N–H and O–H groups in total. The maximum absolute atomic E-state index is 12.7. The van der Waals surface area contributed by atoms with Gasteiger partial charge in [0.25, 0.3) is 5.91 Å². The van der Waals surface area contributed by atoms with Crippen molar-refractivity contribution in [2.24, 2.45) is 0 Å². The quantitative estimate of drug-likeness (QED) is 0.519. The van der Waals surface area contributed by atoms with Gasteiger partial charge in [-0.1, -0.05) is 32.9 Å². The predicted molar refractivity (Wildman–Crippen MR) is 118 cm³/mol. The first kappa shape index (κ1) is 24.1. The number of aromatic nitrogens is 1. The van der Waals surface area contributed by atoms with Crippen molar-refractivity contribution in [1.29, 1.82) is 0 Å². The molecular formula is C24H30N2O5. The van der Waals surface area contributed by atoms with E-state index in [1.165, 1.54) is 13.8 Å². The molecule has 0 spiro atoms. The van der Waals surface area contributed by atoms with Gasteiger partial charge in [0.05, 0.1) is 5.69 Å². The molecule has 1 heterocycles. The van der Waals surface area contributed by atoms with E-state index in [1.54, 1.807) is 26.0 Å². The van der Waals surface area contributed by atoms with E-state index in [2.05, 4.69) is 31.1 Å². The summed E-state index contributed by atoms with van der Waals surface area (Å²) in [5.74, 6) is -1.72. The van der Waals surface area contributed by atoms with Crippen LogP contribution in [0.25, 0.3) is 0 Å². The van der Waals surface area contributed by atoms with E-state index in [9.17, 15) is 19.2 Å². The van der Waals surface area contributed by atoms with Gasteiger partial charge in [-0.05, 0) is 56.4 Å². The van der Waals surface area contributed by atoms with Crippen LogP contribution in [0.2, 0.25) is 0 Å². The lowest BCUT2D eigenvalue weighted by atomic mass is 9.87. The Hall–Kier alpha value is -3.22. The molecule has 0 aliphatic heterocycles. The number of carbonyl (C=O) groups is 4. The molecule has 0 radical (unpaired) electrons. The molecule has 1 amide bonds. The number of ketones is 2. The SMILES string of the molecule is CC(=O)c1c(C)[nH]c(C(=O)C(C)OC(=O)CNC(=O)c2ccc(C(C)(C)C)cc2)c1C. The first-order valence-electron chi connectivity index (χ1n) is 10.2. The summed E-state index contributed by atoms with van der Waals surface area (Å²) in [7, 11) is 0. The Bertz CT molecular complexity index is 1010. The minimum absolute atomic E-state index is 0.0251. The van der Waals surface area contributed by atoms with Crippen molar-refractivity contribution in [3.63, 3.8) is 0 Å². The molecule has 1 unspecified atom stereocenters. The third-order valence-corrected chi connectivity index (χ3v) is 5.12. The van der Waals surface area contributed by atoms with Crippen molar-refractivity contribution in [1.82, 2.24) is 10.3 Å². The van der Waals surface area contributed by atoms with Gasteiger partial charge in [-0.15, -0.1) is 0 Å². The fourth-order valence-corrected chi connectivity index (χ4v) is 3.40. The fourth-order valence-electron chi connectivity index (χ4n) is 3.40. The van der Waals surface area contributed by atoms with E-state index in [0.29, 0.717) is 22.4 Å². The van der Waals surface area contributed by atoms with Crippen LogP contribution in [0.3, 0.4) is 0 Å². The molecule has 0 bridgehead atoms. The minimum atomic E-state index is -1.06. The number of hydrogen-bond acceptors (Lipinski definition) is 5. The van der Waals surface area contributed by atoms with Crippen LogP contribution in [-0.2, 0) is 14.9 Å². The zero-order chi connectivity index (χ0) is 23.5. The second kappa shape index (κ2) is 9.29. The summed E-state index contributed by atoms with van der Waals surface area (Å²) in [5.41, 5.74) is 3.33. The van der Waals surface area contributed by atoms with Crippen molar-refractivity contribution in [3.05, 3.63) is 57.9 Å². The number of ether oxygens (including phenoxy) is 1. The molecule has 7 heteroatoms. The smallest absolute Gasteiger partial charge is 0.326 e. The number of benzene rings is 1. The summed E-state index contributed by atoms with van der Waals surface area (Å²) >= 11 is 0. The second-order valence-electron chi connectivity index (χ2n) is 8.69. The van der Waals surface area contributed by atoms with Crippen LogP contribution >= 0.6 is 0 Å². The molecular weight excluding hydrogens is 396 g/mol. The van der Waals surface area contributed by atoms with Gasteiger partial charge in [0.2, 0.25) is 5.78 Å². The normalized spacial score (nSPS) is 12.2. The van der Waals surface area contributed by atoms with Crippen molar-refractivity contribution >= 4 is 23.4 Å². The van der Waals surface area contributed by atoms with Crippen molar-refractivity contribution < 1.29 is 23.9 Å². The van der Waals surface area contributed by atoms with Crippen LogP contribution in [0.15, 0.2) is 24.3 Å². The molecule has 0 saturated carbocycles. The number of carbonyl (C=O) groups excluding carboxylic acids is 4. The van der Waals surface area contributed by atoms with Crippen LogP contribution in [0, 0.1) is 13.8 Å². The lowest BCUT2D eigenvalue weighted by molar-refractivity contribution is -0.145. The second-order valence-corrected chi connectivity index (χ2v) is 8.69. The average Bonchev–Trinajstić information content (AvgIpc) is 2.99. The van der Waals surface area contributed by atoms with Crippen molar-refractivity contribution in [2.75, 3.05) is 6.54 Å². The highest BCUT2D eigenvalue weighted by Gasteiger charge is 2.26. The maximum Gasteiger partial charge on any atom is 0.326 e. The fraction of sp³-hybridized carbons (Fsp3) is 0.417. The van der Waals surface area contributed by atoms with E-state index in [4.69, 9.17) is 4.74 Å². The Kier molecular flexibility index (Phi) is 7.21. The Morgan fingerprint density at radius 1 is 1.06 bits per heavy atom. The molecule has 0 aliphatic rings. The predicted octanol–water partition coefficient (Wildman–Crippen LogP) is 3.68. The first-order chi connectivity index (χ1) is 14.3. The standard InChI is InChI=1S/C24H30N2O5/c1-13-20(15(3)27)14(2)26-21(13)22(29)16(4)31-19(28)12-25-23(30)17-8-10-18(11-9-17)24(5,6)7/h8-11,16,26H,12H2,1-7H3,(H,25,30). The zero-order valence-corrected chi connectivity index (χ0v) is 19.1. The van der Waals surface area contributed by atoms with Crippen LogP contribution in [0.4, 0.5) is 0 Å². The highest BCUT2D eigenvalue weighted by Crippen LogP contribution is 2.22. The molecule has 1 aromatic carbocycles. The van der Waals surface area contributed by atoms with Crippen LogP contribution in [-0.4, -0.2) is 41.1 Å². The number of Topliss-reactive ketones (excluding diaryl/α,β-unsaturated/α-hetero) is 2. The maximum atomic E-state index is 12.7.